The van der Waals surface area contributed by atoms with Crippen molar-refractivity contribution in [2.24, 2.45) is 10.7 Å². The number of aryl methyl sites for hydroxylation is 2. The molecule has 3 amide bonds. The predicted molar refractivity (Wildman–Crippen MR) is 138 cm³/mol. The number of hydrogen-bond donors (Lipinski definition) is 2. The summed E-state index contributed by atoms with van der Waals surface area (Å²) >= 11 is 0. The third-order valence-corrected chi connectivity index (χ3v) is 9.00. The maximum atomic E-state index is 13.2. The van der Waals surface area contributed by atoms with E-state index in [0.29, 0.717) is 23.5 Å². The van der Waals surface area contributed by atoms with Crippen LogP contribution in [0.3, 0.4) is 0 Å². The summed E-state index contributed by atoms with van der Waals surface area (Å²) in [4.78, 5) is 34.0. The number of primary amides is 1. The van der Waals surface area contributed by atoms with Gasteiger partial charge in [-0.15, -0.1) is 0 Å². The monoisotopic (exact) mass is 531 g/mol. The van der Waals surface area contributed by atoms with Gasteiger partial charge in [0.15, 0.2) is 5.75 Å². The largest absolute Gasteiger partial charge is 0.351 e. The molecule has 0 aliphatic carbocycles. The third kappa shape index (κ3) is 5.30. The number of rotatable bonds is 7. The number of nitrogens with zero attached hydrogens (tertiary/aromatic N) is 3. The molecule has 0 radical (unpaired) electrons. The average molecular weight is 532 g/mol. The Bertz CT molecular complexity index is 1350. The molecule has 1 spiro atoms. The number of anilines is 1. The second-order valence-electron chi connectivity index (χ2n) is 9.47. The topological polar surface area (TPSA) is 134 Å². The van der Waals surface area contributed by atoms with E-state index in [2.05, 4.69) is 15.3 Å². The molecule has 2 aromatic rings. The van der Waals surface area contributed by atoms with Crippen LogP contribution < -0.4 is 20.9 Å². The highest BCUT2D eigenvalue weighted by Crippen LogP contribution is 2.33. The molecule has 0 atom stereocenters. The van der Waals surface area contributed by atoms with E-state index in [1.807, 2.05) is 26.0 Å². The summed E-state index contributed by atoms with van der Waals surface area (Å²) < 4.78 is 40.3. The number of sulfonamides is 1. The average Bonchev–Trinajstić information content (AvgIpc) is 3.18. The van der Waals surface area contributed by atoms with Crippen molar-refractivity contribution < 1.29 is 27.5 Å². The SMILES string of the molecule is Cc1cc(N(C)C(N)=O)cc(C)c1CCS(=O)(=O)N1CCC2(CC1)N=C(c1cccc(OF)c1)NC2=O. The van der Waals surface area contributed by atoms with Crippen molar-refractivity contribution in [2.75, 3.05) is 30.8 Å². The Morgan fingerprint density at radius 2 is 1.86 bits per heavy atom. The molecule has 2 aliphatic rings. The molecule has 0 unspecified atom stereocenters. The van der Waals surface area contributed by atoms with E-state index >= 15 is 0 Å². The van der Waals surface area contributed by atoms with E-state index < -0.39 is 21.6 Å². The highest BCUT2D eigenvalue weighted by Gasteiger charge is 2.47. The third-order valence-electron chi connectivity index (χ3n) is 7.13. The summed E-state index contributed by atoms with van der Waals surface area (Å²) in [5.41, 5.74) is 8.12. The van der Waals surface area contributed by atoms with Gasteiger partial charge < -0.3 is 11.1 Å². The number of hydrogen-bond acceptors (Lipinski definition) is 6. The summed E-state index contributed by atoms with van der Waals surface area (Å²) in [5, 5.41) is 2.75. The van der Waals surface area contributed by atoms with Crippen molar-refractivity contribution in [2.45, 2.75) is 38.6 Å². The van der Waals surface area contributed by atoms with Crippen LogP contribution in [0.5, 0.6) is 5.75 Å². The van der Waals surface area contributed by atoms with Crippen LogP contribution in [-0.2, 0) is 21.2 Å². The van der Waals surface area contributed by atoms with Gasteiger partial charge >= 0.3 is 6.03 Å². The van der Waals surface area contributed by atoms with E-state index in [0.717, 1.165) is 16.7 Å². The first-order valence-corrected chi connectivity index (χ1v) is 13.5. The van der Waals surface area contributed by atoms with Crippen LogP contribution in [0.1, 0.15) is 35.1 Å². The molecule has 2 aliphatic heterocycles. The summed E-state index contributed by atoms with van der Waals surface area (Å²) in [6.07, 6.45) is 0.804. The summed E-state index contributed by atoms with van der Waals surface area (Å²) in [7, 11) is -2.00. The smallest absolute Gasteiger partial charge is 0.318 e. The number of benzene rings is 2. The van der Waals surface area contributed by atoms with Crippen molar-refractivity contribution in [3.63, 3.8) is 0 Å². The van der Waals surface area contributed by atoms with Crippen LogP contribution in [0, 0.1) is 13.8 Å². The van der Waals surface area contributed by atoms with Crippen molar-refractivity contribution >= 4 is 33.5 Å². The van der Waals surface area contributed by atoms with Crippen LogP contribution in [-0.4, -0.2) is 61.9 Å². The fourth-order valence-corrected chi connectivity index (χ4v) is 6.32. The normalized spacial score (nSPS) is 17.4. The van der Waals surface area contributed by atoms with Gasteiger partial charge in [0.1, 0.15) is 11.4 Å². The second kappa shape index (κ2) is 10.1. The number of urea groups is 1. The number of amidine groups is 1. The number of halogens is 1. The predicted octanol–water partition coefficient (Wildman–Crippen LogP) is 2.37. The summed E-state index contributed by atoms with van der Waals surface area (Å²) in [6.45, 7) is 4.09. The summed E-state index contributed by atoms with van der Waals surface area (Å²) in [6, 6.07) is 9.19. The molecular formula is C25H30FN5O5S. The van der Waals surface area contributed by atoms with Gasteiger partial charge in [-0.05, 0) is 74.1 Å². The van der Waals surface area contributed by atoms with Gasteiger partial charge in [-0.25, -0.2) is 17.5 Å². The standard InChI is InChI=1S/C25H30FN5O5S/c1-16-13-19(30(3)24(27)33)14-17(2)21(16)7-12-37(34,35)31-10-8-25(9-11-31)23(32)28-22(29-25)18-5-4-6-20(15-18)36-26/h4-6,13-15H,7-12H2,1-3H3,(H2,27,33)(H,28,29,32). The Kier molecular flexibility index (Phi) is 7.24. The van der Waals surface area contributed by atoms with Crippen LogP contribution in [0.2, 0.25) is 0 Å². The lowest BCUT2D eigenvalue weighted by atomic mass is 9.89. The van der Waals surface area contributed by atoms with Crippen molar-refractivity contribution in [1.82, 2.24) is 9.62 Å². The van der Waals surface area contributed by atoms with E-state index in [-0.39, 0.29) is 43.3 Å². The highest BCUT2D eigenvalue weighted by atomic mass is 32.2. The van der Waals surface area contributed by atoms with Gasteiger partial charge in [0.05, 0.1) is 5.75 Å². The van der Waals surface area contributed by atoms with Crippen molar-refractivity contribution in [3.05, 3.63) is 58.7 Å². The molecule has 10 nitrogen and oxygen atoms in total. The number of piperidine rings is 1. The Labute approximate surface area is 215 Å². The van der Waals surface area contributed by atoms with E-state index in [1.165, 1.54) is 21.3 Å². The first-order valence-electron chi connectivity index (χ1n) is 11.9. The number of aliphatic imine (C=N–C) groups is 1. The van der Waals surface area contributed by atoms with Gasteiger partial charge in [0.25, 0.3) is 5.91 Å². The molecule has 37 heavy (non-hydrogen) atoms. The molecule has 2 aromatic carbocycles. The van der Waals surface area contributed by atoms with Crippen molar-refractivity contribution in [3.8, 4) is 5.75 Å². The second-order valence-corrected chi connectivity index (χ2v) is 11.6. The van der Waals surface area contributed by atoms with Crippen LogP contribution >= 0.6 is 0 Å². The van der Waals surface area contributed by atoms with E-state index in [1.54, 1.807) is 19.2 Å². The van der Waals surface area contributed by atoms with Crippen LogP contribution in [0.15, 0.2) is 41.4 Å². The maximum absolute atomic E-state index is 13.2. The lowest BCUT2D eigenvalue weighted by Crippen LogP contribution is -2.50. The molecule has 0 saturated carbocycles. The van der Waals surface area contributed by atoms with Gasteiger partial charge in [0, 0.05) is 35.9 Å². The number of nitrogens with one attached hydrogen (secondary N) is 1. The Hall–Kier alpha value is -3.51. The Morgan fingerprint density at radius 1 is 1.22 bits per heavy atom. The minimum atomic E-state index is -3.58. The quantitative estimate of drug-likeness (QED) is 0.566. The minimum absolute atomic E-state index is 0.00341. The first-order chi connectivity index (χ1) is 17.5. The molecule has 1 saturated heterocycles. The summed E-state index contributed by atoms with van der Waals surface area (Å²) in [5.74, 6) is -0.0602. The van der Waals surface area contributed by atoms with Gasteiger partial charge in [0.2, 0.25) is 10.0 Å². The van der Waals surface area contributed by atoms with Crippen LogP contribution in [0.25, 0.3) is 0 Å². The Balaban J connectivity index is 1.43. The molecule has 2 heterocycles. The number of amides is 3. The first kappa shape index (κ1) is 26.6. The lowest BCUT2D eigenvalue weighted by Gasteiger charge is -2.34. The van der Waals surface area contributed by atoms with Gasteiger partial charge in [-0.1, -0.05) is 12.1 Å². The number of nitrogens with two attached hydrogens (primary N) is 1. The van der Waals surface area contributed by atoms with E-state index in [9.17, 15) is 22.5 Å². The number of carbonyl (C=O) groups is 2. The van der Waals surface area contributed by atoms with Gasteiger partial charge in [-0.3, -0.25) is 19.6 Å². The number of carbonyl (C=O) groups excluding carboxylic acids is 2. The lowest BCUT2D eigenvalue weighted by molar-refractivity contribution is -0.124. The van der Waals surface area contributed by atoms with Crippen LogP contribution in [0.4, 0.5) is 15.0 Å². The molecule has 0 aromatic heterocycles. The molecule has 3 N–H and O–H groups in total. The molecular weight excluding hydrogens is 501 g/mol. The molecule has 4 rings (SSSR count). The molecule has 12 heteroatoms. The highest BCUT2D eigenvalue weighted by molar-refractivity contribution is 7.89. The molecule has 1 fully saturated rings. The van der Waals surface area contributed by atoms with Gasteiger partial charge in [-0.2, -0.15) is 0 Å². The molecule has 0 bridgehead atoms. The fourth-order valence-electron chi connectivity index (χ4n) is 4.86. The Morgan fingerprint density at radius 3 is 2.46 bits per heavy atom. The zero-order valence-electron chi connectivity index (χ0n) is 21.0. The zero-order valence-corrected chi connectivity index (χ0v) is 21.8. The van der Waals surface area contributed by atoms with Crippen molar-refractivity contribution in [1.29, 1.82) is 0 Å². The minimum Gasteiger partial charge on any atom is -0.351 e. The van der Waals surface area contributed by atoms with E-state index in [4.69, 9.17) is 5.73 Å². The zero-order chi connectivity index (χ0) is 27.0. The fraction of sp³-hybridized carbons (Fsp3) is 0.400. The maximum Gasteiger partial charge on any atom is 0.318 e. The molecule has 198 valence electrons.